The molecule has 2 saturated heterocycles. The molecule has 0 aromatic heterocycles. The van der Waals surface area contributed by atoms with Crippen LogP contribution in [0.5, 0.6) is 0 Å². The number of benzene rings is 2. The number of aliphatic carboxylic acids is 1. The van der Waals surface area contributed by atoms with Gasteiger partial charge in [-0.05, 0) is 91.1 Å². The van der Waals surface area contributed by atoms with E-state index in [0.29, 0.717) is 35.7 Å². The number of methoxy groups -OCH3 is 1. The van der Waals surface area contributed by atoms with Crippen molar-refractivity contribution >= 4 is 11.9 Å². The summed E-state index contributed by atoms with van der Waals surface area (Å²) in [5, 5.41) is 10.2. The molecule has 9 heteroatoms. The maximum absolute atomic E-state index is 16.3. The van der Waals surface area contributed by atoms with Crippen LogP contribution >= 0.6 is 0 Å². The maximum Gasteiger partial charge on any atom is 0.342 e. The molecule has 1 amide bonds. The summed E-state index contributed by atoms with van der Waals surface area (Å²) in [6.45, 7) is 13.3. The first-order valence-electron chi connectivity index (χ1n) is 16.7. The monoisotopic (exact) mass is 646 g/mol. The molecule has 6 rings (SSSR count). The number of amides is 1. The highest BCUT2D eigenvalue weighted by atomic mass is 19.1. The number of likely N-dealkylation sites (tertiary alicyclic amines) is 1. The molecule has 2 fully saturated rings. The van der Waals surface area contributed by atoms with Crippen molar-refractivity contribution in [2.24, 2.45) is 11.8 Å². The first-order valence-corrected chi connectivity index (χ1v) is 16.7. The van der Waals surface area contributed by atoms with Crippen molar-refractivity contribution in [2.45, 2.75) is 66.0 Å². The number of aryl methyl sites for hydroxylation is 3. The smallest absolute Gasteiger partial charge is 0.342 e. The lowest BCUT2D eigenvalue weighted by molar-refractivity contribution is -0.740. The summed E-state index contributed by atoms with van der Waals surface area (Å²) in [5.41, 5.74) is 5.99. The molecule has 250 valence electrons. The normalized spacial score (nSPS) is 23.3. The largest absolute Gasteiger partial charge is 0.481 e. The third-order valence-corrected chi connectivity index (χ3v) is 10.3. The number of halogens is 2. The number of carbonyl (C=O) groups excluding carboxylic acids is 1. The minimum atomic E-state index is -1.13. The molecule has 7 nitrogen and oxygen atoms in total. The molecule has 3 atom stereocenters. The van der Waals surface area contributed by atoms with Crippen molar-refractivity contribution in [1.29, 1.82) is 0 Å². The first kappa shape index (κ1) is 33.2. The van der Waals surface area contributed by atoms with Gasteiger partial charge in [0.1, 0.15) is 30.0 Å². The van der Waals surface area contributed by atoms with Crippen LogP contribution in [0, 0.1) is 38.4 Å². The van der Waals surface area contributed by atoms with E-state index in [2.05, 4.69) is 4.90 Å². The molecular formula is C38H46F2N3O4+. The van der Waals surface area contributed by atoms with Crippen LogP contribution in [0.15, 0.2) is 65.4 Å². The zero-order valence-corrected chi connectivity index (χ0v) is 28.3. The van der Waals surface area contributed by atoms with Crippen LogP contribution < -0.4 is 0 Å². The van der Waals surface area contributed by atoms with Crippen molar-refractivity contribution in [3.63, 3.8) is 0 Å². The Balaban J connectivity index is 1.41. The van der Waals surface area contributed by atoms with E-state index in [0.717, 1.165) is 54.1 Å². The van der Waals surface area contributed by atoms with Crippen LogP contribution in [-0.4, -0.2) is 77.2 Å². The molecule has 3 unspecified atom stereocenters. The zero-order valence-electron chi connectivity index (χ0n) is 28.3. The quantitative estimate of drug-likeness (QED) is 0.199. The zero-order chi connectivity index (χ0) is 33.8. The van der Waals surface area contributed by atoms with Gasteiger partial charge in [0.15, 0.2) is 12.4 Å². The molecule has 0 bridgehead atoms. The van der Waals surface area contributed by atoms with E-state index in [9.17, 15) is 14.7 Å². The van der Waals surface area contributed by atoms with Gasteiger partial charge in [-0.15, -0.1) is 0 Å². The lowest BCUT2D eigenvalue weighted by Crippen LogP contribution is -2.54. The number of allylic oxidation sites excluding steroid dienone is 2. The number of hydrogen-bond acceptors (Lipinski definition) is 5. The predicted octanol–water partition coefficient (Wildman–Crippen LogP) is 6.95. The van der Waals surface area contributed by atoms with E-state index in [1.54, 1.807) is 37.1 Å². The van der Waals surface area contributed by atoms with Gasteiger partial charge in [-0.25, -0.2) is 18.1 Å². The van der Waals surface area contributed by atoms with Crippen molar-refractivity contribution in [3.8, 4) is 11.1 Å². The second kappa shape index (κ2) is 12.7. The average Bonchev–Trinajstić information content (AvgIpc) is 3.73. The Hall–Kier alpha value is -3.66. The molecule has 0 aliphatic carbocycles. The van der Waals surface area contributed by atoms with Gasteiger partial charge in [0.2, 0.25) is 5.70 Å². The standard InChI is InChI=1S/C38H45F2N3O4/c1-22(2)12-31-38(46)43(20-33(43)37-30(39)14-26(19-42(31)37)10-11-41-17-27(18-41)21-47-6)32(16-34(44)45)29-15-28(13-25(5)36(29)40)35-23(3)8-7-9-24(35)4/h7-9,13-15,19,22,27,31-32H,10-12,16-18,20-21H2,1-6H3/p+1. The van der Waals surface area contributed by atoms with Crippen molar-refractivity contribution in [1.82, 2.24) is 9.80 Å². The number of nitrogens with zero attached hydrogens (tertiary/aromatic N) is 3. The van der Waals surface area contributed by atoms with Gasteiger partial charge in [0.05, 0.1) is 6.61 Å². The molecule has 1 N–H and O–H groups in total. The SMILES string of the molecule is COCC1CN(CCC2=CN3C(=C4C[N+]4(C(CC(=O)O)c4cc(-c5c(C)cccc5C)cc(C)c4F)C(=O)C3CC(C)C)C(F)=C2)C1. The Kier molecular flexibility index (Phi) is 9.02. The third-order valence-electron chi connectivity index (χ3n) is 10.3. The molecule has 0 saturated carbocycles. The Bertz CT molecular complexity index is 1690. The molecule has 4 aliphatic rings. The van der Waals surface area contributed by atoms with Crippen LogP contribution in [0.3, 0.4) is 0 Å². The molecule has 4 heterocycles. The fourth-order valence-corrected chi connectivity index (χ4v) is 8.09. The van der Waals surface area contributed by atoms with Crippen molar-refractivity contribution in [3.05, 3.63) is 93.5 Å². The Morgan fingerprint density at radius 3 is 2.45 bits per heavy atom. The minimum Gasteiger partial charge on any atom is -0.481 e. The summed E-state index contributed by atoms with van der Waals surface area (Å²) in [5.74, 6) is -1.65. The number of carboxylic acids is 1. The van der Waals surface area contributed by atoms with Crippen molar-refractivity contribution < 1.29 is 32.7 Å². The molecule has 2 aromatic rings. The summed E-state index contributed by atoms with van der Waals surface area (Å²) >= 11 is 0. The number of carboxylic acid groups (broad SMARTS) is 1. The first-order chi connectivity index (χ1) is 22.3. The summed E-state index contributed by atoms with van der Waals surface area (Å²) in [4.78, 5) is 31.3. The van der Waals surface area contributed by atoms with Gasteiger partial charge in [-0.3, -0.25) is 4.79 Å². The van der Waals surface area contributed by atoms with Gasteiger partial charge in [0, 0.05) is 44.4 Å². The number of quaternary nitrogens is 1. The molecule has 47 heavy (non-hydrogen) atoms. The van der Waals surface area contributed by atoms with E-state index in [-0.39, 0.29) is 28.4 Å². The summed E-state index contributed by atoms with van der Waals surface area (Å²) in [7, 11) is 1.71. The maximum atomic E-state index is 16.3. The van der Waals surface area contributed by atoms with Crippen LogP contribution in [-0.2, 0) is 14.3 Å². The molecular weight excluding hydrogens is 600 g/mol. The lowest BCUT2D eigenvalue weighted by Gasteiger charge is -2.41. The highest BCUT2D eigenvalue weighted by Gasteiger charge is 2.70. The minimum absolute atomic E-state index is 0.112. The van der Waals surface area contributed by atoms with Crippen LogP contribution in [0.25, 0.3) is 11.1 Å². The molecule has 4 aliphatic heterocycles. The van der Waals surface area contributed by atoms with E-state index in [4.69, 9.17) is 4.74 Å². The lowest BCUT2D eigenvalue weighted by atomic mass is 9.89. The number of hydrogen-bond donors (Lipinski definition) is 1. The second-order valence-corrected chi connectivity index (χ2v) is 14.3. The highest BCUT2D eigenvalue weighted by Crippen LogP contribution is 2.57. The van der Waals surface area contributed by atoms with Crippen LogP contribution in [0.2, 0.25) is 0 Å². The van der Waals surface area contributed by atoms with Gasteiger partial charge in [0.25, 0.3) is 0 Å². The highest BCUT2D eigenvalue weighted by molar-refractivity contribution is 5.83. The Labute approximate surface area is 276 Å². The van der Waals surface area contributed by atoms with E-state index < -0.39 is 36.1 Å². The van der Waals surface area contributed by atoms with Gasteiger partial charge >= 0.3 is 11.9 Å². The van der Waals surface area contributed by atoms with E-state index in [1.807, 2.05) is 52.1 Å². The fourth-order valence-electron chi connectivity index (χ4n) is 8.09. The number of carbonyl (C=O) groups is 2. The number of rotatable bonds is 12. The molecule has 2 aromatic carbocycles. The van der Waals surface area contributed by atoms with E-state index in [1.165, 1.54) is 0 Å². The third kappa shape index (κ3) is 5.98. The molecule has 0 spiro atoms. The summed E-state index contributed by atoms with van der Waals surface area (Å²) < 4.78 is 37.4. The summed E-state index contributed by atoms with van der Waals surface area (Å²) in [6, 6.07) is 7.70. The molecule has 0 radical (unpaired) electrons. The van der Waals surface area contributed by atoms with Crippen LogP contribution in [0.4, 0.5) is 8.78 Å². The number of ether oxygens (including phenoxy) is 1. The number of fused-ring (bicyclic) bond motifs is 2. The van der Waals surface area contributed by atoms with Gasteiger partial charge in [-0.2, -0.15) is 0 Å². The average molecular weight is 647 g/mol. The second-order valence-electron chi connectivity index (χ2n) is 14.3. The summed E-state index contributed by atoms with van der Waals surface area (Å²) in [6.07, 6.45) is 4.11. The Morgan fingerprint density at radius 2 is 1.81 bits per heavy atom. The van der Waals surface area contributed by atoms with Crippen molar-refractivity contribution in [2.75, 3.05) is 39.9 Å². The van der Waals surface area contributed by atoms with Crippen LogP contribution in [0.1, 0.15) is 61.4 Å². The van der Waals surface area contributed by atoms with Gasteiger partial charge < -0.3 is 19.6 Å². The predicted molar refractivity (Wildman–Crippen MR) is 177 cm³/mol. The van der Waals surface area contributed by atoms with Gasteiger partial charge in [-0.1, -0.05) is 32.0 Å². The Morgan fingerprint density at radius 1 is 1.11 bits per heavy atom. The van der Waals surface area contributed by atoms with E-state index >= 15 is 8.78 Å². The fraction of sp³-hybridized carbons (Fsp3) is 0.474. The topological polar surface area (TPSA) is 70.1 Å².